The largest absolute Gasteiger partial charge is 0.486 e. The Morgan fingerprint density at radius 1 is 1.10 bits per heavy atom. The summed E-state index contributed by atoms with van der Waals surface area (Å²) in [7, 11) is 0. The number of rotatable bonds is 5. The van der Waals surface area contributed by atoms with E-state index in [0.717, 1.165) is 34.5 Å². The lowest BCUT2D eigenvalue weighted by molar-refractivity contribution is 0.272. The number of hydrogen-bond acceptors (Lipinski definition) is 3. The fraction of sp³-hybridized carbons (Fsp3) is 0.222. The maximum atomic E-state index is 5.86. The first kappa shape index (κ1) is 13.7. The summed E-state index contributed by atoms with van der Waals surface area (Å²) in [4.78, 5) is 0. The second kappa shape index (κ2) is 6.02. The van der Waals surface area contributed by atoms with E-state index in [4.69, 9.17) is 14.9 Å². The quantitative estimate of drug-likeness (QED) is 0.768. The summed E-state index contributed by atoms with van der Waals surface area (Å²) < 4.78 is 11.7. The molecule has 0 atom stereocenters. The Hall–Kier alpha value is -2.26. The van der Waals surface area contributed by atoms with Crippen molar-refractivity contribution in [3.05, 3.63) is 65.4 Å². The van der Waals surface area contributed by atoms with Gasteiger partial charge in [-0.2, -0.15) is 0 Å². The monoisotopic (exact) mass is 281 g/mol. The number of benzene rings is 2. The van der Waals surface area contributed by atoms with Gasteiger partial charge in [-0.05, 0) is 30.2 Å². The van der Waals surface area contributed by atoms with Crippen LogP contribution in [0.2, 0.25) is 0 Å². The molecule has 3 aromatic rings. The van der Waals surface area contributed by atoms with Gasteiger partial charge in [-0.15, -0.1) is 0 Å². The van der Waals surface area contributed by atoms with E-state index in [1.54, 1.807) is 0 Å². The average Bonchev–Trinajstić information content (AvgIpc) is 2.90. The Morgan fingerprint density at radius 3 is 2.76 bits per heavy atom. The van der Waals surface area contributed by atoms with Crippen molar-refractivity contribution in [1.29, 1.82) is 0 Å². The highest BCUT2D eigenvalue weighted by atomic mass is 16.5. The van der Waals surface area contributed by atoms with Crippen LogP contribution in [0.5, 0.6) is 5.75 Å². The van der Waals surface area contributed by atoms with Crippen LogP contribution >= 0.6 is 0 Å². The van der Waals surface area contributed by atoms with E-state index >= 15 is 0 Å². The first-order chi connectivity index (χ1) is 10.3. The highest BCUT2D eigenvalue weighted by molar-refractivity contribution is 5.82. The summed E-state index contributed by atoms with van der Waals surface area (Å²) in [6, 6.07) is 16.1. The molecule has 0 amide bonds. The van der Waals surface area contributed by atoms with Gasteiger partial charge in [0.05, 0.1) is 0 Å². The Labute approximate surface area is 124 Å². The number of para-hydroxylation sites is 1. The maximum absolute atomic E-state index is 5.86. The molecule has 0 fully saturated rings. The van der Waals surface area contributed by atoms with Gasteiger partial charge in [-0.1, -0.05) is 37.3 Å². The first-order valence-electron chi connectivity index (χ1n) is 7.23. The van der Waals surface area contributed by atoms with Crippen molar-refractivity contribution in [2.75, 3.05) is 0 Å². The van der Waals surface area contributed by atoms with Crippen LogP contribution in [0.3, 0.4) is 0 Å². The number of aryl methyl sites for hydroxylation is 1. The predicted octanol–water partition coefficient (Wildman–Crippen LogP) is 4.03. The van der Waals surface area contributed by atoms with Crippen LogP contribution in [0.1, 0.15) is 23.8 Å². The molecule has 0 saturated carbocycles. The first-order valence-corrected chi connectivity index (χ1v) is 7.23. The number of hydrogen-bond donors (Lipinski definition) is 1. The smallest absolute Gasteiger partial charge is 0.147 e. The van der Waals surface area contributed by atoms with E-state index in [-0.39, 0.29) is 0 Å². The van der Waals surface area contributed by atoms with Gasteiger partial charge in [0.15, 0.2) is 0 Å². The van der Waals surface area contributed by atoms with Crippen molar-refractivity contribution < 1.29 is 9.15 Å². The maximum Gasteiger partial charge on any atom is 0.147 e. The zero-order chi connectivity index (χ0) is 14.7. The number of ether oxygens (including phenoxy) is 1. The van der Waals surface area contributed by atoms with Crippen molar-refractivity contribution >= 4 is 11.0 Å². The van der Waals surface area contributed by atoms with Crippen LogP contribution in [0.25, 0.3) is 11.0 Å². The predicted molar refractivity (Wildman–Crippen MR) is 84.3 cm³/mol. The SMILES string of the molecule is CCc1cccc(OCc2oc3ccccc3c2CN)c1. The molecule has 0 radical (unpaired) electrons. The summed E-state index contributed by atoms with van der Waals surface area (Å²) in [5.41, 5.74) is 9.01. The Bertz CT molecular complexity index is 746. The van der Waals surface area contributed by atoms with Crippen LogP contribution in [0.15, 0.2) is 52.9 Å². The van der Waals surface area contributed by atoms with Crippen molar-refractivity contribution in [1.82, 2.24) is 0 Å². The highest BCUT2D eigenvalue weighted by Crippen LogP contribution is 2.26. The van der Waals surface area contributed by atoms with Gasteiger partial charge in [0.1, 0.15) is 23.7 Å². The number of fused-ring (bicyclic) bond motifs is 1. The van der Waals surface area contributed by atoms with Gasteiger partial charge in [-0.3, -0.25) is 0 Å². The summed E-state index contributed by atoms with van der Waals surface area (Å²) in [6.45, 7) is 2.98. The third kappa shape index (κ3) is 2.78. The molecule has 1 aromatic heterocycles. The summed E-state index contributed by atoms with van der Waals surface area (Å²) in [5, 5.41) is 1.07. The van der Waals surface area contributed by atoms with Gasteiger partial charge < -0.3 is 14.9 Å². The standard InChI is InChI=1S/C18H19NO2/c1-2-13-6-5-7-14(10-13)20-12-18-16(11-19)15-8-3-4-9-17(15)21-18/h3-10H,2,11-12,19H2,1H3. The summed E-state index contributed by atoms with van der Waals surface area (Å²) in [5.74, 6) is 1.67. The topological polar surface area (TPSA) is 48.4 Å². The molecule has 0 spiro atoms. The van der Waals surface area contributed by atoms with Crippen LogP contribution in [-0.2, 0) is 19.6 Å². The lowest BCUT2D eigenvalue weighted by Crippen LogP contribution is -2.02. The minimum atomic E-state index is 0.397. The molecule has 3 nitrogen and oxygen atoms in total. The van der Waals surface area contributed by atoms with E-state index in [1.807, 2.05) is 36.4 Å². The van der Waals surface area contributed by atoms with Gasteiger partial charge >= 0.3 is 0 Å². The van der Waals surface area contributed by atoms with Gasteiger partial charge in [0.25, 0.3) is 0 Å². The van der Waals surface area contributed by atoms with Crippen molar-refractivity contribution in [3.8, 4) is 5.75 Å². The summed E-state index contributed by atoms with van der Waals surface area (Å²) >= 11 is 0. The van der Waals surface area contributed by atoms with Gasteiger partial charge in [0.2, 0.25) is 0 Å². The second-order valence-electron chi connectivity index (χ2n) is 4.99. The van der Waals surface area contributed by atoms with Crippen LogP contribution < -0.4 is 10.5 Å². The second-order valence-corrected chi connectivity index (χ2v) is 4.99. The molecule has 0 aliphatic heterocycles. The van der Waals surface area contributed by atoms with E-state index < -0.39 is 0 Å². The molecule has 0 unspecified atom stereocenters. The Balaban J connectivity index is 1.84. The van der Waals surface area contributed by atoms with Crippen LogP contribution in [-0.4, -0.2) is 0 Å². The minimum absolute atomic E-state index is 0.397. The van der Waals surface area contributed by atoms with E-state index in [0.29, 0.717) is 13.2 Å². The molecule has 3 rings (SSSR count). The molecular weight excluding hydrogens is 262 g/mol. The van der Waals surface area contributed by atoms with Gasteiger partial charge in [0, 0.05) is 17.5 Å². The third-order valence-electron chi connectivity index (χ3n) is 3.66. The van der Waals surface area contributed by atoms with Crippen molar-refractivity contribution in [2.24, 2.45) is 5.73 Å². The highest BCUT2D eigenvalue weighted by Gasteiger charge is 2.13. The van der Waals surface area contributed by atoms with E-state index in [1.165, 1.54) is 5.56 Å². The molecule has 3 heteroatoms. The minimum Gasteiger partial charge on any atom is -0.486 e. The molecule has 2 aromatic carbocycles. The van der Waals surface area contributed by atoms with Gasteiger partial charge in [-0.25, -0.2) is 0 Å². The fourth-order valence-electron chi connectivity index (χ4n) is 2.49. The third-order valence-corrected chi connectivity index (χ3v) is 3.66. The van der Waals surface area contributed by atoms with Crippen LogP contribution in [0, 0.1) is 0 Å². The molecule has 1 heterocycles. The molecule has 108 valence electrons. The van der Waals surface area contributed by atoms with Crippen LogP contribution in [0.4, 0.5) is 0 Å². The van der Waals surface area contributed by atoms with Crippen molar-refractivity contribution in [3.63, 3.8) is 0 Å². The zero-order valence-corrected chi connectivity index (χ0v) is 12.1. The lowest BCUT2D eigenvalue weighted by Gasteiger charge is -2.07. The lowest BCUT2D eigenvalue weighted by atomic mass is 10.1. The van der Waals surface area contributed by atoms with E-state index in [9.17, 15) is 0 Å². The number of nitrogens with two attached hydrogens (primary N) is 1. The molecular formula is C18H19NO2. The molecule has 0 bridgehead atoms. The zero-order valence-electron chi connectivity index (χ0n) is 12.1. The Kier molecular flexibility index (Phi) is 3.93. The molecule has 0 aliphatic carbocycles. The molecule has 21 heavy (non-hydrogen) atoms. The van der Waals surface area contributed by atoms with Crippen molar-refractivity contribution in [2.45, 2.75) is 26.5 Å². The fourth-order valence-corrected chi connectivity index (χ4v) is 2.49. The molecule has 0 aliphatic rings. The average molecular weight is 281 g/mol. The molecule has 2 N–H and O–H groups in total. The van der Waals surface area contributed by atoms with E-state index in [2.05, 4.69) is 19.1 Å². The normalized spacial score (nSPS) is 11.0. The Morgan fingerprint density at radius 2 is 1.95 bits per heavy atom. The molecule has 0 saturated heterocycles. The summed E-state index contributed by atoms with van der Waals surface area (Å²) in [6.07, 6.45) is 0.996. The number of furan rings is 1.